The third-order valence-corrected chi connectivity index (χ3v) is 4.56. The Morgan fingerprint density at radius 3 is 2.41 bits per heavy atom. The van der Waals surface area contributed by atoms with Crippen molar-refractivity contribution in [2.45, 2.75) is 31.8 Å². The lowest BCUT2D eigenvalue weighted by Crippen LogP contribution is -2.19. The molecule has 3 heteroatoms. The largest absolute Gasteiger partial charge is 0.508 e. The predicted octanol–water partition coefficient (Wildman–Crippen LogP) is 4.56. The maximum Gasteiger partial charge on any atom is 0.145 e. The Balaban J connectivity index is 1.85. The molecule has 2 aromatic rings. The van der Waals surface area contributed by atoms with E-state index in [0.29, 0.717) is 0 Å². The number of hydrogen-bond acceptors (Lipinski definition) is 3. The number of benzene rings is 2. The molecular weight excluding hydrogens is 276 g/mol. The van der Waals surface area contributed by atoms with Crippen LogP contribution in [0.2, 0.25) is 0 Å². The monoisotopic (exact) mass is 294 g/mol. The molecule has 0 saturated carbocycles. The van der Waals surface area contributed by atoms with Crippen LogP contribution < -0.4 is 4.74 Å². The zero-order valence-corrected chi connectivity index (χ0v) is 12.2. The van der Waals surface area contributed by atoms with E-state index in [1.165, 1.54) is 24.0 Å². The van der Waals surface area contributed by atoms with Gasteiger partial charge in [-0.1, -0.05) is 12.1 Å². The van der Waals surface area contributed by atoms with Crippen LogP contribution in [0.5, 0.6) is 17.2 Å². The van der Waals surface area contributed by atoms with Crippen molar-refractivity contribution in [2.24, 2.45) is 0 Å². The number of rotatable bonds is 1. The van der Waals surface area contributed by atoms with Crippen LogP contribution >= 0.6 is 0 Å². The fraction of sp³-hybridized carbons (Fsp3) is 0.263. The number of hydrogen-bond donors (Lipinski definition) is 2. The van der Waals surface area contributed by atoms with Crippen molar-refractivity contribution in [3.8, 4) is 17.2 Å². The van der Waals surface area contributed by atoms with Gasteiger partial charge in [0.15, 0.2) is 0 Å². The van der Waals surface area contributed by atoms with Crippen LogP contribution in [0.25, 0.3) is 5.57 Å². The van der Waals surface area contributed by atoms with E-state index in [2.05, 4.69) is 0 Å². The normalized spacial score (nSPS) is 20.1. The minimum absolute atomic E-state index is 0.0899. The van der Waals surface area contributed by atoms with Crippen molar-refractivity contribution >= 4 is 5.57 Å². The predicted molar refractivity (Wildman–Crippen MR) is 85.0 cm³/mol. The van der Waals surface area contributed by atoms with Crippen LogP contribution in [-0.2, 0) is 0 Å². The summed E-state index contributed by atoms with van der Waals surface area (Å²) >= 11 is 0. The maximum absolute atomic E-state index is 9.79. The molecule has 22 heavy (non-hydrogen) atoms. The molecule has 2 aromatic carbocycles. The first-order valence-electron chi connectivity index (χ1n) is 7.73. The lowest BCUT2D eigenvalue weighted by Gasteiger charge is -2.34. The lowest BCUT2D eigenvalue weighted by atomic mass is 9.81. The number of fused-ring (bicyclic) bond motifs is 2. The molecule has 2 N–H and O–H groups in total. The van der Waals surface area contributed by atoms with E-state index in [0.717, 1.165) is 29.7 Å². The van der Waals surface area contributed by atoms with E-state index in [9.17, 15) is 10.2 Å². The van der Waals surface area contributed by atoms with Crippen molar-refractivity contribution < 1.29 is 14.9 Å². The van der Waals surface area contributed by atoms with E-state index in [4.69, 9.17) is 4.74 Å². The summed E-state index contributed by atoms with van der Waals surface area (Å²) in [6, 6.07) is 12.6. The van der Waals surface area contributed by atoms with Gasteiger partial charge in [-0.3, -0.25) is 0 Å². The number of allylic oxidation sites excluding steroid dienone is 1. The maximum atomic E-state index is 9.79. The van der Waals surface area contributed by atoms with Gasteiger partial charge < -0.3 is 14.9 Å². The van der Waals surface area contributed by atoms with Crippen LogP contribution in [0.4, 0.5) is 0 Å². The van der Waals surface area contributed by atoms with Crippen molar-refractivity contribution in [3.63, 3.8) is 0 Å². The summed E-state index contributed by atoms with van der Waals surface area (Å²) in [5.74, 6) is 1.38. The van der Waals surface area contributed by atoms with Gasteiger partial charge in [0.25, 0.3) is 0 Å². The first-order chi connectivity index (χ1) is 10.7. The molecule has 2 aliphatic rings. The second kappa shape index (κ2) is 5.09. The molecule has 3 nitrogen and oxygen atoms in total. The highest BCUT2D eigenvalue weighted by molar-refractivity contribution is 5.77. The van der Waals surface area contributed by atoms with Gasteiger partial charge in [-0.15, -0.1) is 0 Å². The molecular formula is C19H18O3. The molecule has 1 atom stereocenters. The van der Waals surface area contributed by atoms with Crippen molar-refractivity contribution in [1.82, 2.24) is 0 Å². The Bertz CT molecular complexity index is 744. The quantitative estimate of drug-likeness (QED) is 0.810. The molecule has 1 aliphatic carbocycles. The Labute approximate surface area is 129 Å². The number of ether oxygens (including phenoxy) is 1. The van der Waals surface area contributed by atoms with Gasteiger partial charge in [0.1, 0.15) is 23.4 Å². The highest BCUT2D eigenvalue weighted by Crippen LogP contribution is 2.48. The molecule has 0 aromatic heterocycles. The molecule has 1 heterocycles. The zero-order valence-electron chi connectivity index (χ0n) is 12.2. The first kappa shape index (κ1) is 13.3. The molecule has 0 spiro atoms. The molecule has 4 rings (SSSR count). The second-order valence-electron chi connectivity index (χ2n) is 5.98. The molecule has 112 valence electrons. The molecule has 1 aliphatic heterocycles. The van der Waals surface area contributed by atoms with Gasteiger partial charge in [-0.25, -0.2) is 0 Å². The summed E-state index contributed by atoms with van der Waals surface area (Å²) < 4.78 is 6.23. The highest BCUT2D eigenvalue weighted by Gasteiger charge is 2.31. The molecule has 0 radical (unpaired) electrons. The summed E-state index contributed by atoms with van der Waals surface area (Å²) in [5.41, 5.74) is 4.73. The third-order valence-electron chi connectivity index (χ3n) is 4.56. The highest BCUT2D eigenvalue weighted by atomic mass is 16.5. The minimum Gasteiger partial charge on any atom is -0.508 e. The summed E-state index contributed by atoms with van der Waals surface area (Å²) in [6.45, 7) is 0. The summed E-state index contributed by atoms with van der Waals surface area (Å²) in [4.78, 5) is 0. The third kappa shape index (κ3) is 2.13. The zero-order chi connectivity index (χ0) is 15.1. The van der Waals surface area contributed by atoms with Gasteiger partial charge in [-0.05, 0) is 72.7 Å². The second-order valence-corrected chi connectivity index (χ2v) is 5.98. The minimum atomic E-state index is -0.0899. The first-order valence-corrected chi connectivity index (χ1v) is 7.73. The number of aromatic hydroxyl groups is 2. The lowest BCUT2D eigenvalue weighted by molar-refractivity contribution is 0.228. The average molecular weight is 294 g/mol. The SMILES string of the molecule is Oc1ccc([C@H]2Oc3ccc(O)cc3C3=C2CCCC3)cc1. The summed E-state index contributed by atoms with van der Waals surface area (Å²) in [5, 5.41) is 19.3. The smallest absolute Gasteiger partial charge is 0.145 e. The summed E-state index contributed by atoms with van der Waals surface area (Å²) in [7, 11) is 0. The van der Waals surface area contributed by atoms with E-state index in [1.807, 2.05) is 24.3 Å². The fourth-order valence-corrected chi connectivity index (χ4v) is 3.50. The van der Waals surface area contributed by atoms with E-state index >= 15 is 0 Å². The van der Waals surface area contributed by atoms with E-state index in [1.54, 1.807) is 18.2 Å². The molecule has 0 amide bonds. The van der Waals surface area contributed by atoms with Crippen molar-refractivity contribution in [2.75, 3.05) is 0 Å². The van der Waals surface area contributed by atoms with Crippen molar-refractivity contribution in [1.29, 1.82) is 0 Å². The topological polar surface area (TPSA) is 49.7 Å². The van der Waals surface area contributed by atoms with Gasteiger partial charge in [0, 0.05) is 5.56 Å². The number of phenols is 2. The Hall–Kier alpha value is -2.42. The average Bonchev–Trinajstić information content (AvgIpc) is 2.55. The van der Waals surface area contributed by atoms with Crippen LogP contribution in [0.15, 0.2) is 48.0 Å². The van der Waals surface area contributed by atoms with E-state index in [-0.39, 0.29) is 17.6 Å². The van der Waals surface area contributed by atoms with Crippen LogP contribution in [0.3, 0.4) is 0 Å². The Kier molecular flexibility index (Phi) is 3.07. The van der Waals surface area contributed by atoms with Crippen LogP contribution in [0.1, 0.15) is 42.9 Å². The molecule has 0 unspecified atom stereocenters. The van der Waals surface area contributed by atoms with Gasteiger partial charge in [-0.2, -0.15) is 0 Å². The van der Waals surface area contributed by atoms with Crippen molar-refractivity contribution in [3.05, 3.63) is 59.2 Å². The molecule has 0 bridgehead atoms. The van der Waals surface area contributed by atoms with Crippen LogP contribution in [-0.4, -0.2) is 10.2 Å². The number of phenolic OH excluding ortho intramolecular Hbond substituents is 2. The summed E-state index contributed by atoms with van der Waals surface area (Å²) in [6.07, 6.45) is 4.31. The van der Waals surface area contributed by atoms with Gasteiger partial charge >= 0.3 is 0 Å². The van der Waals surface area contributed by atoms with Crippen LogP contribution in [0, 0.1) is 0 Å². The fourth-order valence-electron chi connectivity index (χ4n) is 3.50. The molecule has 0 fully saturated rings. The van der Waals surface area contributed by atoms with E-state index < -0.39 is 0 Å². The Morgan fingerprint density at radius 1 is 0.864 bits per heavy atom. The van der Waals surface area contributed by atoms with Gasteiger partial charge in [0.05, 0.1) is 0 Å². The van der Waals surface area contributed by atoms with Gasteiger partial charge in [0.2, 0.25) is 0 Å². The Morgan fingerprint density at radius 2 is 1.59 bits per heavy atom. The standard InChI is InChI=1S/C19H18O3/c20-13-7-5-12(6-8-13)19-16-4-2-1-3-15(16)17-11-14(21)9-10-18(17)22-19/h5-11,19-21H,1-4H2/t19-/m1/s1. The molecule has 0 saturated heterocycles.